The lowest BCUT2D eigenvalue weighted by atomic mass is 10.2. The van der Waals surface area contributed by atoms with Crippen molar-refractivity contribution in [2.24, 2.45) is 0 Å². The van der Waals surface area contributed by atoms with Crippen LogP contribution in [0.1, 0.15) is 15.9 Å². The zero-order valence-corrected chi connectivity index (χ0v) is 16.3. The molecule has 0 amide bonds. The second-order valence-electron chi connectivity index (χ2n) is 6.06. The molecule has 0 fully saturated rings. The number of benzene rings is 3. The summed E-state index contributed by atoms with van der Waals surface area (Å²) in [6.07, 6.45) is 0. The molecule has 0 unspecified atom stereocenters. The molecule has 30 heavy (non-hydrogen) atoms. The molecule has 0 atom stereocenters. The lowest BCUT2D eigenvalue weighted by molar-refractivity contribution is -0.0510. The Bertz CT molecular complexity index is 1100. The number of rotatable bonds is 8. The average molecular weight is 433 g/mol. The SMILES string of the molecule is O=C(OCc1ccccc1OC(F)F)c1ccc(S(=O)(=O)Nc2ccccc2)cc1. The maximum absolute atomic E-state index is 12.5. The number of carbonyl (C=O) groups is 1. The van der Waals surface area contributed by atoms with Crippen LogP contribution >= 0.6 is 0 Å². The van der Waals surface area contributed by atoms with Crippen LogP contribution in [0, 0.1) is 0 Å². The van der Waals surface area contributed by atoms with Crippen molar-refractivity contribution >= 4 is 21.7 Å². The van der Waals surface area contributed by atoms with Crippen LogP contribution in [0.2, 0.25) is 0 Å². The van der Waals surface area contributed by atoms with Gasteiger partial charge in [-0.2, -0.15) is 8.78 Å². The van der Waals surface area contributed by atoms with Gasteiger partial charge in [0, 0.05) is 11.3 Å². The number of nitrogens with one attached hydrogen (secondary N) is 1. The topological polar surface area (TPSA) is 81.7 Å². The number of esters is 1. The summed E-state index contributed by atoms with van der Waals surface area (Å²) < 4.78 is 61.7. The van der Waals surface area contributed by atoms with Crippen molar-refractivity contribution in [3.63, 3.8) is 0 Å². The molecule has 0 saturated carbocycles. The first kappa shape index (κ1) is 21.3. The Morgan fingerprint density at radius 1 is 0.900 bits per heavy atom. The van der Waals surface area contributed by atoms with Gasteiger partial charge < -0.3 is 9.47 Å². The molecule has 0 aliphatic rings. The molecule has 6 nitrogen and oxygen atoms in total. The van der Waals surface area contributed by atoms with E-state index in [-0.39, 0.29) is 28.4 Å². The van der Waals surface area contributed by atoms with Crippen LogP contribution < -0.4 is 9.46 Å². The maximum Gasteiger partial charge on any atom is 0.387 e. The van der Waals surface area contributed by atoms with Gasteiger partial charge in [-0.3, -0.25) is 4.72 Å². The lowest BCUT2D eigenvalue weighted by Crippen LogP contribution is -2.13. The molecule has 9 heteroatoms. The zero-order valence-electron chi connectivity index (χ0n) is 15.5. The average Bonchev–Trinajstić information content (AvgIpc) is 2.73. The molecule has 0 bridgehead atoms. The standard InChI is InChI=1S/C21H17F2NO5S/c22-21(23)29-19-9-5-4-6-16(19)14-28-20(25)15-10-12-18(13-11-15)30(26,27)24-17-7-2-1-3-8-17/h1-13,21,24H,14H2. The van der Waals surface area contributed by atoms with Gasteiger partial charge in [0.05, 0.1) is 10.5 Å². The molecule has 1 N–H and O–H groups in total. The number of carbonyl (C=O) groups excluding carboxylic acids is 1. The molecule has 0 spiro atoms. The Morgan fingerprint density at radius 2 is 1.53 bits per heavy atom. The zero-order chi connectivity index (χ0) is 21.6. The van der Waals surface area contributed by atoms with Gasteiger partial charge in [0.15, 0.2) is 0 Å². The van der Waals surface area contributed by atoms with Crippen molar-refractivity contribution in [2.75, 3.05) is 4.72 Å². The normalized spacial score (nSPS) is 11.2. The second kappa shape index (κ2) is 9.36. The van der Waals surface area contributed by atoms with Gasteiger partial charge >= 0.3 is 12.6 Å². The summed E-state index contributed by atoms with van der Waals surface area (Å²) in [5.74, 6) is -0.824. The Hall–Kier alpha value is -3.46. The summed E-state index contributed by atoms with van der Waals surface area (Å²) in [7, 11) is -3.82. The molecular weight excluding hydrogens is 416 g/mol. The fraction of sp³-hybridized carbons (Fsp3) is 0.0952. The van der Waals surface area contributed by atoms with Crippen LogP contribution in [0.25, 0.3) is 0 Å². The van der Waals surface area contributed by atoms with Crippen molar-refractivity contribution < 1.29 is 31.5 Å². The van der Waals surface area contributed by atoms with Gasteiger partial charge in [0.1, 0.15) is 12.4 Å². The molecule has 0 aromatic heterocycles. The number of hydrogen-bond donors (Lipinski definition) is 1. The van der Waals surface area contributed by atoms with E-state index in [0.29, 0.717) is 5.69 Å². The molecule has 3 aromatic carbocycles. The summed E-state index contributed by atoms with van der Waals surface area (Å²) in [6.45, 7) is -3.28. The summed E-state index contributed by atoms with van der Waals surface area (Å²) in [4.78, 5) is 12.2. The third-order valence-corrected chi connectivity index (χ3v) is 5.37. The lowest BCUT2D eigenvalue weighted by Gasteiger charge is -2.11. The second-order valence-corrected chi connectivity index (χ2v) is 7.74. The van der Waals surface area contributed by atoms with E-state index in [4.69, 9.17) is 4.74 Å². The van der Waals surface area contributed by atoms with Crippen molar-refractivity contribution in [3.05, 3.63) is 90.0 Å². The maximum atomic E-state index is 12.5. The van der Waals surface area contributed by atoms with Crippen LogP contribution in [0.4, 0.5) is 14.5 Å². The predicted molar refractivity (Wildman–Crippen MR) is 106 cm³/mol. The summed E-state index contributed by atoms with van der Waals surface area (Å²) in [5.41, 5.74) is 0.795. The molecule has 3 rings (SSSR count). The van der Waals surface area contributed by atoms with E-state index in [1.807, 2.05) is 0 Å². The van der Waals surface area contributed by atoms with Crippen molar-refractivity contribution in [3.8, 4) is 5.75 Å². The molecular formula is C21H17F2NO5S. The number of para-hydroxylation sites is 2. The molecule has 0 saturated heterocycles. The van der Waals surface area contributed by atoms with Crippen LogP contribution in [0.15, 0.2) is 83.8 Å². The highest BCUT2D eigenvalue weighted by Crippen LogP contribution is 2.22. The summed E-state index contributed by atoms with van der Waals surface area (Å²) in [6, 6.07) is 19.5. The highest BCUT2D eigenvalue weighted by atomic mass is 32.2. The van der Waals surface area contributed by atoms with Crippen LogP contribution in [-0.2, 0) is 21.4 Å². The first-order valence-electron chi connectivity index (χ1n) is 8.73. The summed E-state index contributed by atoms with van der Waals surface area (Å²) in [5, 5.41) is 0. The first-order chi connectivity index (χ1) is 14.3. The van der Waals surface area contributed by atoms with Gasteiger partial charge in [-0.05, 0) is 42.5 Å². The minimum atomic E-state index is -3.82. The quantitative estimate of drug-likeness (QED) is 0.531. The number of sulfonamides is 1. The van der Waals surface area contributed by atoms with Crippen LogP contribution in [0.5, 0.6) is 5.75 Å². The Labute approximate surface area is 172 Å². The molecule has 0 heterocycles. The molecule has 0 aliphatic carbocycles. The third kappa shape index (κ3) is 5.54. The predicted octanol–water partition coefficient (Wildman–Crippen LogP) is 4.45. The molecule has 3 aromatic rings. The number of ether oxygens (including phenoxy) is 2. The smallest absolute Gasteiger partial charge is 0.387 e. The Kier molecular flexibility index (Phi) is 6.63. The monoisotopic (exact) mass is 433 g/mol. The van der Waals surface area contributed by atoms with Crippen molar-refractivity contribution in [1.29, 1.82) is 0 Å². The third-order valence-electron chi connectivity index (χ3n) is 3.97. The van der Waals surface area contributed by atoms with Crippen LogP contribution in [-0.4, -0.2) is 21.0 Å². The number of anilines is 1. The van der Waals surface area contributed by atoms with Gasteiger partial charge in [-0.1, -0.05) is 36.4 Å². The highest BCUT2D eigenvalue weighted by molar-refractivity contribution is 7.92. The minimum absolute atomic E-state index is 0.0291. The number of hydrogen-bond acceptors (Lipinski definition) is 5. The van der Waals surface area contributed by atoms with Gasteiger partial charge in [-0.15, -0.1) is 0 Å². The van der Waals surface area contributed by atoms with E-state index in [1.165, 1.54) is 42.5 Å². The van der Waals surface area contributed by atoms with Crippen molar-refractivity contribution in [1.82, 2.24) is 0 Å². The van der Waals surface area contributed by atoms with E-state index in [0.717, 1.165) is 0 Å². The largest absolute Gasteiger partial charge is 0.457 e. The molecule has 0 radical (unpaired) electrons. The molecule has 0 aliphatic heterocycles. The van der Waals surface area contributed by atoms with E-state index >= 15 is 0 Å². The fourth-order valence-electron chi connectivity index (χ4n) is 2.55. The van der Waals surface area contributed by atoms with E-state index in [1.54, 1.807) is 36.4 Å². The minimum Gasteiger partial charge on any atom is -0.457 e. The van der Waals surface area contributed by atoms with E-state index in [2.05, 4.69) is 9.46 Å². The summed E-state index contributed by atoms with van der Waals surface area (Å²) >= 11 is 0. The van der Waals surface area contributed by atoms with Crippen LogP contribution in [0.3, 0.4) is 0 Å². The number of halogens is 2. The van der Waals surface area contributed by atoms with Crippen molar-refractivity contribution in [2.45, 2.75) is 18.1 Å². The Morgan fingerprint density at radius 3 is 2.20 bits per heavy atom. The van der Waals surface area contributed by atoms with Gasteiger partial charge in [0.2, 0.25) is 0 Å². The van der Waals surface area contributed by atoms with Gasteiger partial charge in [0.25, 0.3) is 10.0 Å². The fourth-order valence-corrected chi connectivity index (χ4v) is 3.61. The Balaban J connectivity index is 1.66. The molecule has 156 valence electrons. The number of alkyl halides is 2. The van der Waals surface area contributed by atoms with E-state index in [9.17, 15) is 22.0 Å². The highest BCUT2D eigenvalue weighted by Gasteiger charge is 2.16. The van der Waals surface area contributed by atoms with Gasteiger partial charge in [-0.25, -0.2) is 13.2 Å². The first-order valence-corrected chi connectivity index (χ1v) is 10.2. The van der Waals surface area contributed by atoms with E-state index < -0.39 is 22.6 Å².